The van der Waals surface area contributed by atoms with Crippen LogP contribution in [0.5, 0.6) is 0 Å². The van der Waals surface area contributed by atoms with E-state index in [-0.39, 0.29) is 17.0 Å². The van der Waals surface area contributed by atoms with Crippen molar-refractivity contribution in [1.29, 1.82) is 0 Å². The monoisotopic (exact) mass is 414 g/mol. The van der Waals surface area contributed by atoms with E-state index in [9.17, 15) is 23.2 Å². The van der Waals surface area contributed by atoms with Gasteiger partial charge in [-0.1, -0.05) is 0 Å². The maximum absolute atomic E-state index is 13.2. The Labute approximate surface area is 169 Å². The van der Waals surface area contributed by atoms with Gasteiger partial charge in [0.05, 0.1) is 11.8 Å². The van der Waals surface area contributed by atoms with Gasteiger partial charge in [0.15, 0.2) is 23.5 Å². The van der Waals surface area contributed by atoms with Crippen molar-refractivity contribution in [2.45, 2.75) is 13.0 Å². The van der Waals surface area contributed by atoms with Crippen molar-refractivity contribution in [3.63, 3.8) is 0 Å². The number of rotatable bonds is 6. The van der Waals surface area contributed by atoms with Gasteiger partial charge in [0.2, 0.25) is 0 Å². The third kappa shape index (κ3) is 5.07. The predicted molar refractivity (Wildman–Crippen MR) is 103 cm³/mol. The minimum Gasteiger partial charge on any atom is -0.459 e. The third-order valence-corrected chi connectivity index (χ3v) is 3.96. The molecule has 0 unspecified atom stereocenters. The SMILES string of the molecule is C[C@H](OC(=O)c1ccc(NC(=O)c2ccco2)cc1)C(=O)Nc1ccc(F)c(F)c1. The van der Waals surface area contributed by atoms with Crippen LogP contribution < -0.4 is 10.6 Å². The first-order valence-electron chi connectivity index (χ1n) is 8.75. The fraction of sp³-hybridized carbons (Fsp3) is 0.0952. The van der Waals surface area contributed by atoms with Crippen LogP contribution in [0.1, 0.15) is 27.8 Å². The van der Waals surface area contributed by atoms with Gasteiger partial charge in [0.1, 0.15) is 0 Å². The van der Waals surface area contributed by atoms with Crippen LogP contribution in [0.2, 0.25) is 0 Å². The van der Waals surface area contributed by atoms with E-state index in [1.807, 2.05) is 0 Å². The Balaban J connectivity index is 1.56. The number of halogens is 2. The van der Waals surface area contributed by atoms with E-state index < -0.39 is 35.5 Å². The zero-order valence-corrected chi connectivity index (χ0v) is 15.6. The Morgan fingerprint density at radius 1 is 0.933 bits per heavy atom. The van der Waals surface area contributed by atoms with Gasteiger partial charge in [0.25, 0.3) is 11.8 Å². The van der Waals surface area contributed by atoms with E-state index in [1.165, 1.54) is 49.6 Å². The van der Waals surface area contributed by atoms with Crippen molar-refractivity contribution in [2.75, 3.05) is 10.6 Å². The first kappa shape index (κ1) is 20.7. The largest absolute Gasteiger partial charge is 0.459 e. The normalized spacial score (nSPS) is 11.4. The van der Waals surface area contributed by atoms with E-state index in [2.05, 4.69) is 10.6 Å². The van der Waals surface area contributed by atoms with E-state index >= 15 is 0 Å². The molecule has 1 heterocycles. The molecule has 0 bridgehead atoms. The van der Waals surface area contributed by atoms with E-state index in [1.54, 1.807) is 6.07 Å². The Bertz CT molecular complexity index is 1070. The molecule has 0 radical (unpaired) electrons. The van der Waals surface area contributed by atoms with E-state index in [4.69, 9.17) is 9.15 Å². The van der Waals surface area contributed by atoms with E-state index in [0.29, 0.717) is 5.69 Å². The molecule has 0 aliphatic heterocycles. The average molecular weight is 414 g/mol. The maximum Gasteiger partial charge on any atom is 0.338 e. The number of carbonyl (C=O) groups is 3. The molecular weight excluding hydrogens is 398 g/mol. The summed E-state index contributed by atoms with van der Waals surface area (Å²) in [6.45, 7) is 1.34. The summed E-state index contributed by atoms with van der Waals surface area (Å²) in [5, 5.41) is 4.93. The fourth-order valence-corrected chi connectivity index (χ4v) is 2.39. The molecule has 1 aromatic heterocycles. The van der Waals surface area contributed by atoms with Crippen molar-refractivity contribution < 1.29 is 32.3 Å². The number of esters is 1. The molecule has 0 aliphatic rings. The second-order valence-electron chi connectivity index (χ2n) is 6.17. The van der Waals surface area contributed by atoms with Gasteiger partial charge in [-0.05, 0) is 55.5 Å². The van der Waals surface area contributed by atoms with Crippen LogP contribution in [0, 0.1) is 11.6 Å². The number of furan rings is 1. The Kier molecular flexibility index (Phi) is 6.21. The highest BCUT2D eigenvalue weighted by molar-refractivity contribution is 6.02. The van der Waals surface area contributed by atoms with Gasteiger partial charge in [0, 0.05) is 17.4 Å². The van der Waals surface area contributed by atoms with Gasteiger partial charge in [-0.2, -0.15) is 0 Å². The topological polar surface area (TPSA) is 97.6 Å². The molecule has 2 amide bonds. The van der Waals surface area contributed by atoms with Crippen molar-refractivity contribution >= 4 is 29.2 Å². The number of nitrogens with one attached hydrogen (secondary N) is 2. The number of hydrogen-bond donors (Lipinski definition) is 2. The lowest BCUT2D eigenvalue weighted by molar-refractivity contribution is -0.123. The minimum atomic E-state index is -1.19. The minimum absolute atomic E-state index is 0.0263. The summed E-state index contributed by atoms with van der Waals surface area (Å²) >= 11 is 0. The second-order valence-corrected chi connectivity index (χ2v) is 6.17. The van der Waals surface area contributed by atoms with E-state index in [0.717, 1.165) is 12.1 Å². The molecule has 9 heteroatoms. The van der Waals surface area contributed by atoms with Crippen LogP contribution in [0.15, 0.2) is 65.3 Å². The number of carbonyl (C=O) groups excluding carboxylic acids is 3. The predicted octanol–water partition coefficient (Wildman–Crippen LogP) is 3.99. The zero-order valence-electron chi connectivity index (χ0n) is 15.6. The molecule has 2 N–H and O–H groups in total. The van der Waals surface area contributed by atoms with Crippen molar-refractivity contribution in [3.8, 4) is 0 Å². The smallest absolute Gasteiger partial charge is 0.338 e. The zero-order chi connectivity index (χ0) is 21.7. The molecule has 0 saturated heterocycles. The highest BCUT2D eigenvalue weighted by Crippen LogP contribution is 2.15. The van der Waals surface area contributed by atoms with Crippen LogP contribution in [0.3, 0.4) is 0 Å². The van der Waals surface area contributed by atoms with Crippen LogP contribution in [-0.2, 0) is 9.53 Å². The summed E-state index contributed by atoms with van der Waals surface area (Å²) < 4.78 is 36.2. The summed E-state index contributed by atoms with van der Waals surface area (Å²) in [7, 11) is 0. The standard InChI is InChI=1S/C21H16F2N2O5/c1-12(19(26)25-15-8-9-16(22)17(23)11-15)30-21(28)13-4-6-14(7-5-13)24-20(27)18-3-2-10-29-18/h2-12H,1H3,(H,24,27)(H,25,26)/t12-/m0/s1. The summed E-state index contributed by atoms with van der Waals surface area (Å²) in [6, 6.07) is 11.8. The van der Waals surface area contributed by atoms with Gasteiger partial charge in [-0.15, -0.1) is 0 Å². The first-order chi connectivity index (χ1) is 14.3. The summed E-state index contributed by atoms with van der Waals surface area (Å²) in [4.78, 5) is 36.2. The first-order valence-corrected chi connectivity index (χ1v) is 8.75. The number of amides is 2. The lowest BCUT2D eigenvalue weighted by atomic mass is 10.2. The molecule has 0 saturated carbocycles. The van der Waals surface area contributed by atoms with Crippen LogP contribution in [0.25, 0.3) is 0 Å². The van der Waals surface area contributed by atoms with Gasteiger partial charge in [-0.25, -0.2) is 13.6 Å². The molecule has 3 rings (SSSR count). The van der Waals surface area contributed by atoms with Crippen molar-refractivity contribution in [3.05, 3.63) is 83.8 Å². The van der Waals surface area contributed by atoms with Crippen molar-refractivity contribution in [1.82, 2.24) is 0 Å². The molecule has 154 valence electrons. The molecule has 0 spiro atoms. The van der Waals surface area contributed by atoms with Crippen LogP contribution >= 0.6 is 0 Å². The number of hydrogen-bond acceptors (Lipinski definition) is 5. The maximum atomic E-state index is 13.2. The molecule has 0 aliphatic carbocycles. The third-order valence-electron chi connectivity index (χ3n) is 3.96. The summed E-state index contributed by atoms with van der Waals surface area (Å²) in [5.41, 5.74) is 0.606. The molecule has 2 aromatic carbocycles. The molecule has 0 fully saturated rings. The molecule has 7 nitrogen and oxygen atoms in total. The Hall–Kier alpha value is -4.01. The lowest BCUT2D eigenvalue weighted by Gasteiger charge is -2.14. The number of ether oxygens (including phenoxy) is 1. The molecule has 30 heavy (non-hydrogen) atoms. The highest BCUT2D eigenvalue weighted by atomic mass is 19.2. The molecule has 1 atom stereocenters. The van der Waals surface area contributed by atoms with Gasteiger partial charge < -0.3 is 19.8 Å². The second kappa shape index (κ2) is 8.99. The average Bonchev–Trinajstić information content (AvgIpc) is 3.26. The van der Waals surface area contributed by atoms with Crippen LogP contribution in [0.4, 0.5) is 20.2 Å². The number of benzene rings is 2. The van der Waals surface area contributed by atoms with Gasteiger partial charge >= 0.3 is 5.97 Å². The fourth-order valence-electron chi connectivity index (χ4n) is 2.39. The molecular formula is C21H16F2N2O5. The lowest BCUT2D eigenvalue weighted by Crippen LogP contribution is -2.30. The Morgan fingerprint density at radius 2 is 1.63 bits per heavy atom. The summed E-state index contributed by atoms with van der Waals surface area (Å²) in [6.07, 6.45) is 0.182. The Morgan fingerprint density at radius 3 is 2.27 bits per heavy atom. The highest BCUT2D eigenvalue weighted by Gasteiger charge is 2.20. The van der Waals surface area contributed by atoms with Crippen LogP contribution in [-0.4, -0.2) is 23.9 Å². The van der Waals surface area contributed by atoms with Crippen molar-refractivity contribution in [2.24, 2.45) is 0 Å². The number of anilines is 2. The van der Waals surface area contributed by atoms with Gasteiger partial charge in [-0.3, -0.25) is 9.59 Å². The summed E-state index contributed by atoms with van der Waals surface area (Å²) in [5.74, 6) is -3.95. The quantitative estimate of drug-likeness (QED) is 0.595. The molecule has 3 aromatic rings.